The standard InChI is InChI=1S/C17H14FN3/c18-14-5-3-12(4-6-14)16-9-13(7-8-19-16)17-15(10-20-21-17)11-1-2-11/h3-11H,1-2H2,(H,20,21). The highest BCUT2D eigenvalue weighted by atomic mass is 19.1. The van der Waals surface area contributed by atoms with E-state index in [4.69, 9.17) is 0 Å². The van der Waals surface area contributed by atoms with Crippen LogP contribution in [0.15, 0.2) is 48.8 Å². The molecule has 2 heterocycles. The van der Waals surface area contributed by atoms with E-state index in [9.17, 15) is 4.39 Å². The molecule has 0 saturated heterocycles. The molecule has 1 N–H and O–H groups in total. The smallest absolute Gasteiger partial charge is 0.123 e. The lowest BCUT2D eigenvalue weighted by Crippen LogP contribution is -1.88. The van der Waals surface area contributed by atoms with Gasteiger partial charge in [-0.05, 0) is 55.2 Å². The lowest BCUT2D eigenvalue weighted by Gasteiger charge is -2.05. The molecule has 1 aromatic carbocycles. The molecular formula is C17H14FN3. The molecule has 4 rings (SSSR count). The van der Waals surface area contributed by atoms with Gasteiger partial charge in [0.1, 0.15) is 5.82 Å². The van der Waals surface area contributed by atoms with Gasteiger partial charge < -0.3 is 0 Å². The average Bonchev–Trinajstić information content (AvgIpc) is 3.25. The molecule has 0 atom stereocenters. The predicted molar refractivity (Wildman–Crippen MR) is 79.2 cm³/mol. The Hall–Kier alpha value is -2.49. The number of hydrogen-bond acceptors (Lipinski definition) is 2. The van der Waals surface area contributed by atoms with Gasteiger partial charge in [-0.1, -0.05) is 0 Å². The van der Waals surface area contributed by atoms with Crippen molar-refractivity contribution in [2.45, 2.75) is 18.8 Å². The zero-order chi connectivity index (χ0) is 14.2. The van der Waals surface area contributed by atoms with Crippen molar-refractivity contribution in [1.29, 1.82) is 0 Å². The van der Waals surface area contributed by atoms with Crippen molar-refractivity contribution in [3.05, 3.63) is 60.2 Å². The number of pyridine rings is 1. The van der Waals surface area contributed by atoms with E-state index < -0.39 is 0 Å². The number of H-pyrrole nitrogens is 1. The molecule has 1 aliphatic carbocycles. The number of hydrogen-bond donors (Lipinski definition) is 1. The highest BCUT2D eigenvalue weighted by Crippen LogP contribution is 2.43. The van der Waals surface area contributed by atoms with Gasteiger partial charge in [0.15, 0.2) is 0 Å². The van der Waals surface area contributed by atoms with Crippen LogP contribution >= 0.6 is 0 Å². The molecule has 0 radical (unpaired) electrons. The van der Waals surface area contributed by atoms with Gasteiger partial charge >= 0.3 is 0 Å². The van der Waals surface area contributed by atoms with Gasteiger partial charge in [0.25, 0.3) is 0 Å². The number of benzene rings is 1. The molecule has 4 heteroatoms. The first-order chi connectivity index (χ1) is 10.3. The van der Waals surface area contributed by atoms with E-state index in [0.29, 0.717) is 5.92 Å². The maximum Gasteiger partial charge on any atom is 0.123 e. The van der Waals surface area contributed by atoms with Gasteiger partial charge in [-0.2, -0.15) is 5.10 Å². The summed E-state index contributed by atoms with van der Waals surface area (Å²) in [6.45, 7) is 0. The number of aromatic amines is 1. The molecule has 3 aromatic rings. The monoisotopic (exact) mass is 279 g/mol. The van der Waals surface area contributed by atoms with Crippen LogP contribution in [0.2, 0.25) is 0 Å². The molecule has 1 fully saturated rings. The van der Waals surface area contributed by atoms with Crippen LogP contribution in [0.5, 0.6) is 0 Å². The molecular weight excluding hydrogens is 265 g/mol. The molecule has 2 aromatic heterocycles. The van der Waals surface area contributed by atoms with Crippen LogP contribution in [0.4, 0.5) is 4.39 Å². The van der Waals surface area contributed by atoms with Crippen LogP contribution in [0, 0.1) is 5.82 Å². The predicted octanol–water partition coefficient (Wildman–Crippen LogP) is 4.16. The van der Waals surface area contributed by atoms with Crippen LogP contribution in [0.3, 0.4) is 0 Å². The topological polar surface area (TPSA) is 41.6 Å². The van der Waals surface area contributed by atoms with E-state index in [-0.39, 0.29) is 5.82 Å². The molecule has 1 saturated carbocycles. The van der Waals surface area contributed by atoms with E-state index in [1.165, 1.54) is 30.5 Å². The van der Waals surface area contributed by atoms with Crippen molar-refractivity contribution in [3.63, 3.8) is 0 Å². The number of nitrogens with zero attached hydrogens (tertiary/aromatic N) is 2. The third-order valence-corrected chi connectivity index (χ3v) is 3.87. The van der Waals surface area contributed by atoms with Crippen molar-refractivity contribution in [3.8, 4) is 22.5 Å². The zero-order valence-electron chi connectivity index (χ0n) is 11.4. The first-order valence-corrected chi connectivity index (χ1v) is 7.07. The van der Waals surface area contributed by atoms with Gasteiger partial charge in [0, 0.05) is 22.9 Å². The van der Waals surface area contributed by atoms with Crippen LogP contribution in [-0.4, -0.2) is 15.2 Å². The lowest BCUT2D eigenvalue weighted by atomic mass is 10.0. The fourth-order valence-electron chi connectivity index (χ4n) is 2.60. The molecule has 3 nitrogen and oxygen atoms in total. The molecule has 21 heavy (non-hydrogen) atoms. The SMILES string of the molecule is Fc1ccc(-c2cc(-c3[nH]ncc3C3CC3)ccn2)cc1. The highest BCUT2D eigenvalue weighted by Gasteiger charge is 2.27. The number of halogens is 1. The van der Waals surface area contributed by atoms with E-state index in [1.807, 2.05) is 18.3 Å². The van der Waals surface area contributed by atoms with Crippen LogP contribution in [-0.2, 0) is 0 Å². The minimum Gasteiger partial charge on any atom is -0.278 e. The van der Waals surface area contributed by atoms with Gasteiger partial charge in [-0.3, -0.25) is 10.1 Å². The Kier molecular flexibility index (Phi) is 2.81. The Morgan fingerprint density at radius 1 is 1.05 bits per heavy atom. The van der Waals surface area contributed by atoms with Crippen LogP contribution in [0.1, 0.15) is 24.3 Å². The molecule has 0 unspecified atom stereocenters. The van der Waals surface area contributed by atoms with E-state index in [1.54, 1.807) is 18.3 Å². The second kappa shape index (κ2) is 4.81. The molecule has 0 amide bonds. The second-order valence-electron chi connectivity index (χ2n) is 5.41. The largest absolute Gasteiger partial charge is 0.278 e. The molecule has 0 aliphatic heterocycles. The zero-order valence-corrected chi connectivity index (χ0v) is 11.4. The summed E-state index contributed by atoms with van der Waals surface area (Å²) in [7, 11) is 0. The van der Waals surface area contributed by atoms with E-state index in [2.05, 4.69) is 15.2 Å². The summed E-state index contributed by atoms with van der Waals surface area (Å²) in [5.41, 5.74) is 5.17. The number of nitrogens with one attached hydrogen (secondary N) is 1. The molecule has 104 valence electrons. The number of rotatable bonds is 3. The fourth-order valence-corrected chi connectivity index (χ4v) is 2.60. The van der Waals surface area contributed by atoms with Gasteiger partial charge in [0.2, 0.25) is 0 Å². The Morgan fingerprint density at radius 3 is 2.62 bits per heavy atom. The summed E-state index contributed by atoms with van der Waals surface area (Å²) in [4.78, 5) is 4.38. The fraction of sp³-hybridized carbons (Fsp3) is 0.176. The summed E-state index contributed by atoms with van der Waals surface area (Å²) in [5, 5.41) is 7.27. The Morgan fingerprint density at radius 2 is 1.86 bits per heavy atom. The summed E-state index contributed by atoms with van der Waals surface area (Å²) >= 11 is 0. The Labute approximate surface area is 121 Å². The minimum atomic E-state index is -0.237. The van der Waals surface area contributed by atoms with Crippen molar-refractivity contribution in [2.75, 3.05) is 0 Å². The Bertz CT molecular complexity index is 773. The quantitative estimate of drug-likeness (QED) is 0.782. The van der Waals surface area contributed by atoms with Gasteiger partial charge in [0.05, 0.1) is 17.6 Å². The summed E-state index contributed by atoms with van der Waals surface area (Å²) in [6.07, 6.45) is 6.18. The van der Waals surface area contributed by atoms with E-state index in [0.717, 1.165) is 22.5 Å². The maximum absolute atomic E-state index is 13.0. The van der Waals surface area contributed by atoms with Gasteiger partial charge in [-0.25, -0.2) is 4.39 Å². The molecule has 1 aliphatic rings. The van der Waals surface area contributed by atoms with Crippen LogP contribution in [0.25, 0.3) is 22.5 Å². The average molecular weight is 279 g/mol. The Balaban J connectivity index is 1.75. The lowest BCUT2D eigenvalue weighted by molar-refractivity contribution is 0.628. The first-order valence-electron chi connectivity index (χ1n) is 7.07. The summed E-state index contributed by atoms with van der Waals surface area (Å²) < 4.78 is 13.0. The normalized spacial score (nSPS) is 14.3. The minimum absolute atomic E-state index is 0.237. The highest BCUT2D eigenvalue weighted by molar-refractivity contribution is 5.70. The summed E-state index contributed by atoms with van der Waals surface area (Å²) in [6, 6.07) is 10.4. The van der Waals surface area contributed by atoms with Gasteiger partial charge in [-0.15, -0.1) is 0 Å². The third kappa shape index (κ3) is 2.33. The third-order valence-electron chi connectivity index (χ3n) is 3.87. The van der Waals surface area contributed by atoms with Crippen molar-refractivity contribution >= 4 is 0 Å². The van der Waals surface area contributed by atoms with E-state index >= 15 is 0 Å². The molecule has 0 bridgehead atoms. The number of aromatic nitrogens is 3. The van der Waals surface area contributed by atoms with Crippen molar-refractivity contribution < 1.29 is 4.39 Å². The molecule has 0 spiro atoms. The second-order valence-corrected chi connectivity index (χ2v) is 5.41. The van der Waals surface area contributed by atoms with Crippen molar-refractivity contribution in [1.82, 2.24) is 15.2 Å². The maximum atomic E-state index is 13.0. The van der Waals surface area contributed by atoms with Crippen LogP contribution < -0.4 is 0 Å². The first kappa shape index (κ1) is 12.3. The van der Waals surface area contributed by atoms with Crippen molar-refractivity contribution in [2.24, 2.45) is 0 Å². The summed E-state index contributed by atoms with van der Waals surface area (Å²) in [5.74, 6) is 0.403.